The molecule has 0 atom stereocenters. The standard InChI is InChI=1S/C13H20OS/c1-4-5-6-7-15-12-8-10(2)13(14)11(3)9-12/h8-9,14H,4-7H2,1-3H3/p+1. The van der Waals surface area contributed by atoms with Crippen LogP contribution in [-0.4, -0.2) is 10.9 Å². The van der Waals surface area contributed by atoms with Crippen LogP contribution in [0, 0.1) is 13.8 Å². The van der Waals surface area contributed by atoms with Crippen LogP contribution in [-0.2, 0) is 11.8 Å². The minimum atomic E-state index is 0.447. The van der Waals surface area contributed by atoms with Gasteiger partial charge < -0.3 is 5.11 Å². The summed E-state index contributed by atoms with van der Waals surface area (Å²) < 4.78 is 0. The van der Waals surface area contributed by atoms with E-state index in [-0.39, 0.29) is 0 Å². The molecule has 1 nitrogen and oxygen atoms in total. The summed E-state index contributed by atoms with van der Waals surface area (Å²) in [6, 6.07) is 4.19. The summed E-state index contributed by atoms with van der Waals surface area (Å²) in [6.45, 7) is 6.16. The quantitative estimate of drug-likeness (QED) is 0.463. The molecule has 1 aromatic rings. The van der Waals surface area contributed by atoms with E-state index in [1.165, 1.54) is 41.7 Å². The van der Waals surface area contributed by atoms with Crippen LogP contribution >= 0.6 is 0 Å². The number of aryl methyl sites for hydroxylation is 2. The maximum Gasteiger partial charge on any atom is 0.153 e. The summed E-state index contributed by atoms with van der Waals surface area (Å²) in [7, 11) is 0. The first-order valence-corrected chi connectivity index (χ1v) is 6.70. The van der Waals surface area contributed by atoms with Gasteiger partial charge in [-0.25, -0.2) is 0 Å². The van der Waals surface area contributed by atoms with E-state index in [1.807, 2.05) is 13.8 Å². The van der Waals surface area contributed by atoms with E-state index in [1.54, 1.807) is 0 Å². The number of benzene rings is 1. The Morgan fingerprint density at radius 3 is 2.27 bits per heavy atom. The zero-order valence-corrected chi connectivity index (χ0v) is 10.8. The Morgan fingerprint density at radius 2 is 1.73 bits per heavy atom. The zero-order valence-electron chi connectivity index (χ0n) is 9.88. The molecule has 1 aromatic carbocycles. The molecule has 0 saturated carbocycles. The van der Waals surface area contributed by atoms with Crippen LogP contribution in [0.15, 0.2) is 17.0 Å². The van der Waals surface area contributed by atoms with Crippen LogP contribution < -0.4 is 0 Å². The third kappa shape index (κ3) is 3.78. The molecule has 0 aliphatic heterocycles. The Kier molecular flexibility index (Phi) is 5.03. The first-order chi connectivity index (χ1) is 7.15. The highest BCUT2D eigenvalue weighted by Crippen LogP contribution is 2.23. The Hall–Kier alpha value is -0.630. The maximum atomic E-state index is 9.64. The number of unbranched alkanes of at least 4 members (excludes halogenated alkanes) is 2. The third-order valence-corrected chi connectivity index (χ3v) is 3.70. The van der Waals surface area contributed by atoms with Gasteiger partial charge in [-0.05, 0) is 49.9 Å². The predicted octanol–water partition coefficient (Wildman–Crippen LogP) is 3.37. The Balaban J connectivity index is 2.55. The second-order valence-electron chi connectivity index (χ2n) is 4.02. The predicted molar refractivity (Wildman–Crippen MR) is 69.0 cm³/mol. The molecule has 0 aliphatic carbocycles. The molecule has 0 aromatic heterocycles. The second-order valence-corrected chi connectivity index (χ2v) is 5.30. The summed E-state index contributed by atoms with van der Waals surface area (Å²) in [4.78, 5) is 1.33. The van der Waals surface area contributed by atoms with Crippen molar-refractivity contribution in [2.24, 2.45) is 0 Å². The number of rotatable bonds is 5. The van der Waals surface area contributed by atoms with E-state index in [0.717, 1.165) is 11.1 Å². The second kappa shape index (κ2) is 6.06. The van der Waals surface area contributed by atoms with Gasteiger partial charge in [0.2, 0.25) is 0 Å². The molecule has 1 N–H and O–H groups in total. The molecular formula is C13H21OS+. The highest BCUT2D eigenvalue weighted by atomic mass is 32.2. The highest BCUT2D eigenvalue weighted by Gasteiger charge is 2.08. The lowest BCUT2D eigenvalue weighted by molar-refractivity contribution is 0.466. The Bertz CT molecular complexity index is 297. The van der Waals surface area contributed by atoms with Gasteiger partial charge in [-0.3, -0.25) is 0 Å². The molecule has 84 valence electrons. The maximum absolute atomic E-state index is 9.64. The average Bonchev–Trinajstić information content (AvgIpc) is 2.21. The highest BCUT2D eigenvalue weighted by molar-refractivity contribution is 7.78. The number of hydrogen-bond donors (Lipinski definition) is 1. The van der Waals surface area contributed by atoms with Crippen molar-refractivity contribution in [3.8, 4) is 5.75 Å². The van der Waals surface area contributed by atoms with Crippen LogP contribution in [0.25, 0.3) is 0 Å². The van der Waals surface area contributed by atoms with Crippen molar-refractivity contribution < 1.29 is 5.11 Å². The van der Waals surface area contributed by atoms with Crippen LogP contribution in [0.3, 0.4) is 0 Å². The third-order valence-electron chi connectivity index (χ3n) is 2.53. The summed E-state index contributed by atoms with van der Waals surface area (Å²) in [5.74, 6) is 1.68. The van der Waals surface area contributed by atoms with Crippen LogP contribution in [0.2, 0.25) is 0 Å². The normalized spacial score (nSPS) is 10.6. The first kappa shape index (κ1) is 12.4. The summed E-state index contributed by atoms with van der Waals surface area (Å²) in [5, 5.41) is 9.64. The molecule has 0 spiro atoms. The molecule has 0 heterocycles. The minimum absolute atomic E-state index is 0.447. The molecule has 0 saturated heterocycles. The molecule has 0 bridgehead atoms. The van der Waals surface area contributed by atoms with Gasteiger partial charge in [0.05, 0.1) is 0 Å². The van der Waals surface area contributed by atoms with Crippen molar-refractivity contribution in [2.75, 3.05) is 5.75 Å². The van der Waals surface area contributed by atoms with Gasteiger partial charge in [0.15, 0.2) is 4.90 Å². The van der Waals surface area contributed by atoms with Crippen LogP contribution in [0.1, 0.15) is 37.3 Å². The van der Waals surface area contributed by atoms with Crippen molar-refractivity contribution in [3.63, 3.8) is 0 Å². The fraction of sp³-hybridized carbons (Fsp3) is 0.538. The van der Waals surface area contributed by atoms with Gasteiger partial charge in [0.25, 0.3) is 0 Å². The van der Waals surface area contributed by atoms with Crippen LogP contribution in [0.4, 0.5) is 0 Å². The molecule has 0 unspecified atom stereocenters. The van der Waals surface area contributed by atoms with Crippen molar-refractivity contribution in [2.45, 2.75) is 44.9 Å². The molecular weight excluding hydrogens is 204 g/mol. The lowest BCUT2D eigenvalue weighted by Gasteiger charge is -2.02. The smallest absolute Gasteiger partial charge is 0.153 e. The van der Waals surface area contributed by atoms with Crippen molar-refractivity contribution in [3.05, 3.63) is 23.3 Å². The fourth-order valence-electron chi connectivity index (χ4n) is 1.59. The fourth-order valence-corrected chi connectivity index (χ4v) is 2.80. The molecule has 0 fully saturated rings. The van der Waals surface area contributed by atoms with Crippen molar-refractivity contribution in [1.29, 1.82) is 0 Å². The SMILES string of the molecule is CCCCC[SH+]c1cc(C)c(O)c(C)c1. The van der Waals surface area contributed by atoms with Crippen LogP contribution in [0.5, 0.6) is 5.75 Å². The lowest BCUT2D eigenvalue weighted by Crippen LogP contribution is -1.92. The molecule has 1 rings (SSSR count). The largest absolute Gasteiger partial charge is 0.507 e. The number of phenols is 1. The number of hydrogen-bond acceptors (Lipinski definition) is 1. The minimum Gasteiger partial charge on any atom is -0.507 e. The van der Waals surface area contributed by atoms with Crippen molar-refractivity contribution in [1.82, 2.24) is 0 Å². The number of phenolic OH excluding ortho intramolecular Hbond substituents is 1. The van der Waals surface area contributed by atoms with Gasteiger partial charge >= 0.3 is 0 Å². The monoisotopic (exact) mass is 225 g/mol. The van der Waals surface area contributed by atoms with Gasteiger partial charge in [-0.2, -0.15) is 0 Å². The molecule has 0 amide bonds. The molecule has 0 aliphatic rings. The van der Waals surface area contributed by atoms with E-state index in [2.05, 4.69) is 19.1 Å². The van der Waals surface area contributed by atoms with Gasteiger partial charge in [0, 0.05) is 11.8 Å². The first-order valence-electron chi connectivity index (χ1n) is 5.63. The van der Waals surface area contributed by atoms with Gasteiger partial charge in [-0.1, -0.05) is 13.3 Å². The van der Waals surface area contributed by atoms with E-state index in [4.69, 9.17) is 0 Å². The Morgan fingerprint density at radius 1 is 1.13 bits per heavy atom. The van der Waals surface area contributed by atoms with E-state index >= 15 is 0 Å². The van der Waals surface area contributed by atoms with Gasteiger partial charge in [0.1, 0.15) is 11.5 Å². The summed E-state index contributed by atoms with van der Waals surface area (Å²) in [6.07, 6.45) is 3.91. The number of thiol groups is 1. The summed E-state index contributed by atoms with van der Waals surface area (Å²) in [5.41, 5.74) is 1.99. The lowest BCUT2D eigenvalue weighted by atomic mass is 10.1. The zero-order chi connectivity index (χ0) is 11.3. The van der Waals surface area contributed by atoms with Crippen molar-refractivity contribution >= 4 is 11.8 Å². The average molecular weight is 225 g/mol. The van der Waals surface area contributed by atoms with E-state index in [0.29, 0.717) is 5.75 Å². The Labute approximate surface area is 96.9 Å². The number of aromatic hydroxyl groups is 1. The molecule has 2 heteroatoms. The molecule has 15 heavy (non-hydrogen) atoms. The summed E-state index contributed by atoms with van der Waals surface area (Å²) >= 11 is 1.39. The molecule has 0 radical (unpaired) electrons. The van der Waals surface area contributed by atoms with Gasteiger partial charge in [-0.15, -0.1) is 0 Å². The van der Waals surface area contributed by atoms with E-state index in [9.17, 15) is 5.11 Å². The topological polar surface area (TPSA) is 20.2 Å². The van der Waals surface area contributed by atoms with E-state index < -0.39 is 0 Å².